The number of nitrogens with one attached hydrogen (secondary N) is 3. The molecule has 2 aromatic carbocycles. The van der Waals surface area contributed by atoms with E-state index in [2.05, 4.69) is 26.3 Å². The van der Waals surface area contributed by atoms with E-state index in [-0.39, 0.29) is 11.8 Å². The number of guanidine groups is 1. The van der Waals surface area contributed by atoms with Crippen LogP contribution in [0.25, 0.3) is 10.2 Å². The van der Waals surface area contributed by atoms with Crippen molar-refractivity contribution in [3.05, 3.63) is 36.1 Å². The average Bonchev–Trinajstić information content (AvgIpc) is 3.11. The molecule has 0 amide bonds. The number of nitrogens with two attached hydrogens (primary N) is 1. The van der Waals surface area contributed by atoms with Gasteiger partial charge in [-0.3, -0.25) is 16.3 Å². The Morgan fingerprint density at radius 3 is 2.43 bits per heavy atom. The first-order chi connectivity index (χ1) is 13.6. The van der Waals surface area contributed by atoms with Crippen LogP contribution in [-0.2, 0) is 0 Å². The van der Waals surface area contributed by atoms with Gasteiger partial charge in [0.1, 0.15) is 5.82 Å². The number of hydrogen-bond acceptors (Lipinski definition) is 8. The second kappa shape index (κ2) is 8.59. The van der Waals surface area contributed by atoms with E-state index >= 15 is 0 Å². The molecule has 0 fully saturated rings. The lowest BCUT2D eigenvalue weighted by atomic mass is 10.2. The Labute approximate surface area is 164 Å². The molecule has 0 aliphatic carbocycles. The lowest BCUT2D eigenvalue weighted by molar-refractivity contribution is 0.324. The highest BCUT2D eigenvalue weighted by molar-refractivity contribution is 7.22. The summed E-state index contributed by atoms with van der Waals surface area (Å²) in [6, 6.07) is 7.75. The van der Waals surface area contributed by atoms with E-state index in [1.165, 1.54) is 44.8 Å². The van der Waals surface area contributed by atoms with Crippen LogP contribution in [-0.4, -0.2) is 32.3 Å². The molecule has 3 rings (SSSR count). The molecule has 0 spiro atoms. The van der Waals surface area contributed by atoms with E-state index in [1.54, 1.807) is 18.2 Å². The fourth-order valence-electron chi connectivity index (χ4n) is 2.42. The third kappa shape index (κ3) is 4.15. The Balaban J connectivity index is 1.81. The van der Waals surface area contributed by atoms with Gasteiger partial charge in [-0.25, -0.2) is 20.2 Å². The van der Waals surface area contributed by atoms with Crippen molar-refractivity contribution in [2.75, 3.05) is 26.8 Å². The van der Waals surface area contributed by atoms with Gasteiger partial charge in [-0.2, -0.15) is 0 Å². The number of thiazole rings is 1. The first-order valence-corrected chi connectivity index (χ1v) is 8.83. The molecule has 3 aromatic rings. The molecule has 0 unspecified atom stereocenters. The number of hydrogen-bond donors (Lipinski definition) is 4. The lowest BCUT2D eigenvalue weighted by Gasteiger charge is -2.13. The number of anilines is 1. The molecule has 5 N–H and O–H groups in total. The molecule has 1 aromatic heterocycles. The summed E-state index contributed by atoms with van der Waals surface area (Å²) in [6.45, 7) is 0. The molecular weight excluding hydrogens is 387 g/mol. The van der Waals surface area contributed by atoms with E-state index in [0.717, 1.165) is 4.70 Å². The minimum Gasteiger partial charge on any atom is -0.493 e. The Morgan fingerprint density at radius 1 is 1.11 bits per heavy atom. The summed E-state index contributed by atoms with van der Waals surface area (Å²) in [6.07, 6.45) is 0. The minimum absolute atomic E-state index is 0.208. The van der Waals surface area contributed by atoms with Crippen molar-refractivity contribution in [1.29, 1.82) is 0 Å². The van der Waals surface area contributed by atoms with Crippen LogP contribution < -0.4 is 36.3 Å². The third-order valence-electron chi connectivity index (χ3n) is 3.66. The number of hydrazine groups is 2. The fourth-order valence-corrected chi connectivity index (χ4v) is 3.22. The maximum atomic E-state index is 13.3. The monoisotopic (exact) mass is 406 g/mol. The van der Waals surface area contributed by atoms with E-state index in [0.29, 0.717) is 33.6 Å². The van der Waals surface area contributed by atoms with Gasteiger partial charge in [0.05, 0.1) is 37.2 Å². The number of ether oxygens (including phenoxy) is 3. The largest absolute Gasteiger partial charge is 0.493 e. The second-order valence-electron chi connectivity index (χ2n) is 5.37. The molecule has 9 nitrogen and oxygen atoms in total. The molecule has 0 saturated carbocycles. The Morgan fingerprint density at radius 2 is 1.82 bits per heavy atom. The number of methoxy groups -OCH3 is 3. The number of fused-ring (bicyclic) bond motifs is 1. The molecule has 0 saturated heterocycles. The van der Waals surface area contributed by atoms with Crippen LogP contribution in [0.1, 0.15) is 0 Å². The zero-order chi connectivity index (χ0) is 20.1. The summed E-state index contributed by atoms with van der Waals surface area (Å²) in [5.74, 6) is 6.78. The van der Waals surface area contributed by atoms with Crippen molar-refractivity contribution < 1.29 is 18.6 Å². The van der Waals surface area contributed by atoms with E-state index in [9.17, 15) is 4.39 Å². The van der Waals surface area contributed by atoms with Gasteiger partial charge in [-0.1, -0.05) is 11.3 Å². The Bertz CT molecular complexity index is 985. The summed E-state index contributed by atoms with van der Waals surface area (Å²) >= 11 is 1.35. The zero-order valence-corrected chi connectivity index (χ0v) is 16.2. The summed E-state index contributed by atoms with van der Waals surface area (Å²) < 4.78 is 30.0. The molecule has 1 heterocycles. The summed E-state index contributed by atoms with van der Waals surface area (Å²) in [7, 11) is 4.55. The van der Waals surface area contributed by atoms with Gasteiger partial charge in [0.15, 0.2) is 11.5 Å². The number of aromatic nitrogens is 1. The second-order valence-corrected chi connectivity index (χ2v) is 6.40. The average molecular weight is 406 g/mol. The molecule has 28 heavy (non-hydrogen) atoms. The molecule has 0 aliphatic heterocycles. The minimum atomic E-state index is -0.342. The molecule has 11 heteroatoms. The van der Waals surface area contributed by atoms with Crippen LogP contribution >= 0.6 is 11.3 Å². The first-order valence-electron chi connectivity index (χ1n) is 8.01. The number of aliphatic imine (C=N–C) groups is 1. The highest BCUT2D eigenvalue weighted by Crippen LogP contribution is 2.40. The van der Waals surface area contributed by atoms with Gasteiger partial charge in [0, 0.05) is 18.2 Å². The Kier molecular flexibility index (Phi) is 5.96. The van der Waals surface area contributed by atoms with Gasteiger partial charge in [0.25, 0.3) is 0 Å². The molecule has 0 radical (unpaired) electrons. The van der Waals surface area contributed by atoms with Crippen molar-refractivity contribution >= 4 is 38.3 Å². The SMILES string of the molecule is COc1cc(N=C(NN)NNc2nc3cc(F)ccc3s2)cc(OC)c1OC. The number of benzene rings is 2. The van der Waals surface area contributed by atoms with Crippen molar-refractivity contribution in [2.45, 2.75) is 0 Å². The normalized spacial score (nSPS) is 11.2. The summed E-state index contributed by atoms with van der Waals surface area (Å²) in [5.41, 5.74) is 9.20. The van der Waals surface area contributed by atoms with Gasteiger partial charge in [-0.15, -0.1) is 0 Å². The van der Waals surface area contributed by atoms with Crippen LogP contribution in [0.5, 0.6) is 17.2 Å². The predicted octanol–water partition coefficient (Wildman–Crippen LogP) is 2.53. The topological polar surface area (TPSA) is 115 Å². The van der Waals surface area contributed by atoms with Crippen LogP contribution in [0, 0.1) is 5.82 Å². The van der Waals surface area contributed by atoms with Crippen LogP contribution in [0.15, 0.2) is 35.3 Å². The van der Waals surface area contributed by atoms with Gasteiger partial charge >= 0.3 is 0 Å². The predicted molar refractivity (Wildman–Crippen MR) is 107 cm³/mol. The molecule has 0 aliphatic rings. The Hall–Kier alpha value is -3.31. The smallest absolute Gasteiger partial charge is 0.230 e. The fraction of sp³-hybridized carbons (Fsp3) is 0.176. The quantitative estimate of drug-likeness (QED) is 0.214. The van der Waals surface area contributed by atoms with Crippen molar-refractivity contribution in [2.24, 2.45) is 10.8 Å². The van der Waals surface area contributed by atoms with Crippen molar-refractivity contribution in [3.8, 4) is 17.2 Å². The summed E-state index contributed by atoms with van der Waals surface area (Å²) in [4.78, 5) is 8.65. The standard InChI is InChI=1S/C17H19FN6O3S/c1-25-12-7-10(8-13(26-2)15(12)27-3)20-16(22-19)23-24-17-21-11-6-9(18)4-5-14(11)28-17/h4-8H,19H2,1-3H3,(H,21,24)(H2,20,22,23). The first kappa shape index (κ1) is 19.5. The maximum absolute atomic E-state index is 13.3. The molecule has 0 bridgehead atoms. The lowest BCUT2D eigenvalue weighted by Crippen LogP contribution is -2.44. The zero-order valence-electron chi connectivity index (χ0n) is 15.4. The number of rotatable bonds is 6. The van der Waals surface area contributed by atoms with E-state index in [4.69, 9.17) is 20.1 Å². The summed E-state index contributed by atoms with van der Waals surface area (Å²) in [5, 5.41) is 0.522. The number of nitrogens with zero attached hydrogens (tertiary/aromatic N) is 2. The molecule has 148 valence electrons. The van der Waals surface area contributed by atoms with Gasteiger partial charge in [-0.05, 0) is 12.1 Å². The number of halogens is 1. The highest BCUT2D eigenvalue weighted by atomic mass is 32.1. The molecule has 0 atom stereocenters. The van der Waals surface area contributed by atoms with Crippen molar-refractivity contribution in [3.63, 3.8) is 0 Å². The van der Waals surface area contributed by atoms with E-state index in [1.807, 2.05) is 0 Å². The highest BCUT2D eigenvalue weighted by Gasteiger charge is 2.13. The van der Waals surface area contributed by atoms with Gasteiger partial charge < -0.3 is 14.2 Å². The van der Waals surface area contributed by atoms with Crippen LogP contribution in [0.3, 0.4) is 0 Å². The third-order valence-corrected chi connectivity index (χ3v) is 4.62. The van der Waals surface area contributed by atoms with Crippen molar-refractivity contribution in [1.82, 2.24) is 15.8 Å². The maximum Gasteiger partial charge on any atom is 0.230 e. The van der Waals surface area contributed by atoms with Crippen LogP contribution in [0.2, 0.25) is 0 Å². The molecular formula is C17H19FN6O3S. The van der Waals surface area contributed by atoms with E-state index < -0.39 is 0 Å². The van der Waals surface area contributed by atoms with Gasteiger partial charge in [0.2, 0.25) is 16.8 Å². The van der Waals surface area contributed by atoms with Crippen LogP contribution in [0.4, 0.5) is 15.2 Å².